The molecule has 9 heterocycles. The zero-order chi connectivity index (χ0) is 47.1. The number of hydrogen-bond acceptors (Lipinski definition) is 7. The summed E-state index contributed by atoms with van der Waals surface area (Å²) in [4.78, 5) is 30.3. The SMILES string of the molecule is Cn1ccnc1-c1nccn1C.Cn1ccnc1-c1nccn1C.[CH2-][n+]1ccc(C(CC)CC(CC(CC)c2cc[n+](CCCn3ccnc3-c3cccc(C)n3)cc2)c2ccncc2)cc1.[Os].[W]. The Balaban J connectivity index is 0.000000275. The molecule has 0 fully saturated rings. The fraction of sp³-hybridized carbons (Fsp3) is 0.321. The fourth-order valence-corrected chi connectivity index (χ4v) is 8.54. The van der Waals surface area contributed by atoms with Crippen LogP contribution in [0.4, 0.5) is 0 Å². The van der Waals surface area contributed by atoms with E-state index in [2.05, 4.69) is 132 Å². The number of aryl methyl sites for hydroxylation is 7. The Kier molecular flexibility index (Phi) is 20.7. The first-order valence-electron chi connectivity index (χ1n) is 23.2. The third kappa shape index (κ3) is 14.4. The van der Waals surface area contributed by atoms with Crippen LogP contribution in [0.2, 0.25) is 0 Å². The molecule has 0 aliphatic carbocycles. The summed E-state index contributed by atoms with van der Waals surface area (Å²) in [6, 6.07) is 19.6. The van der Waals surface area contributed by atoms with Crippen molar-refractivity contribution in [3.63, 3.8) is 0 Å². The molecular weight excluding hydrogens is 1210 g/mol. The second-order valence-corrected chi connectivity index (χ2v) is 17.1. The molecule has 0 bridgehead atoms. The van der Waals surface area contributed by atoms with E-state index in [4.69, 9.17) is 0 Å². The van der Waals surface area contributed by atoms with Gasteiger partial charge < -0.3 is 27.4 Å². The Morgan fingerprint density at radius 1 is 0.536 bits per heavy atom. The number of aromatic nitrogens is 14. The number of nitrogens with zero attached hydrogens (tertiary/aromatic N) is 14. The molecule has 16 heteroatoms. The minimum Gasteiger partial charge on any atom is -0.339 e. The van der Waals surface area contributed by atoms with Crippen LogP contribution in [0.15, 0.2) is 154 Å². The second-order valence-electron chi connectivity index (χ2n) is 17.1. The molecule has 3 unspecified atom stereocenters. The molecule has 0 amide bonds. The van der Waals surface area contributed by atoms with Crippen molar-refractivity contribution in [2.75, 3.05) is 0 Å². The average Bonchev–Trinajstić information content (AvgIpc) is 4.22. The van der Waals surface area contributed by atoms with Gasteiger partial charge in [-0.25, -0.2) is 34.5 Å². The molecule has 9 rings (SSSR count). The van der Waals surface area contributed by atoms with Crippen molar-refractivity contribution in [2.45, 2.75) is 83.7 Å². The summed E-state index contributed by atoms with van der Waals surface area (Å²) in [6.07, 6.45) is 36.6. The number of hydrogen-bond donors (Lipinski definition) is 0. The molecule has 14 nitrogen and oxygen atoms in total. The average molecular weight is 1270 g/mol. The van der Waals surface area contributed by atoms with E-state index in [-0.39, 0.29) is 40.9 Å². The van der Waals surface area contributed by atoms with Gasteiger partial charge in [0.25, 0.3) is 0 Å². The van der Waals surface area contributed by atoms with Crippen molar-refractivity contribution in [3.8, 4) is 34.8 Å². The molecule has 0 N–H and O–H groups in total. The first kappa shape index (κ1) is 53.8. The normalized spacial score (nSPS) is 12.0. The smallest absolute Gasteiger partial charge is 0.176 e. The molecule has 0 aromatic carbocycles. The zero-order valence-electron chi connectivity index (χ0n) is 40.8. The van der Waals surface area contributed by atoms with Gasteiger partial charge >= 0.3 is 0 Å². The summed E-state index contributed by atoms with van der Waals surface area (Å²) in [7, 11) is 11.8. The van der Waals surface area contributed by atoms with Crippen LogP contribution in [-0.4, -0.2) is 57.7 Å². The maximum absolute atomic E-state index is 4.66. The fourth-order valence-electron chi connectivity index (χ4n) is 8.54. The van der Waals surface area contributed by atoms with Crippen molar-refractivity contribution in [1.29, 1.82) is 0 Å². The van der Waals surface area contributed by atoms with Crippen LogP contribution in [0.25, 0.3) is 34.8 Å². The number of rotatable bonds is 16. The molecule has 9 aromatic heterocycles. The van der Waals surface area contributed by atoms with Crippen molar-refractivity contribution in [2.24, 2.45) is 28.2 Å². The van der Waals surface area contributed by atoms with Gasteiger partial charge in [-0.2, -0.15) is 0 Å². The molecule has 0 saturated heterocycles. The van der Waals surface area contributed by atoms with E-state index in [1.165, 1.54) is 16.7 Å². The Hall–Kier alpha value is -6.16. The van der Waals surface area contributed by atoms with E-state index >= 15 is 0 Å². The maximum atomic E-state index is 4.66. The maximum Gasteiger partial charge on any atom is 0.176 e. The summed E-state index contributed by atoms with van der Waals surface area (Å²) in [5, 5.41) is 0. The van der Waals surface area contributed by atoms with Crippen LogP contribution < -0.4 is 9.13 Å². The van der Waals surface area contributed by atoms with E-state index in [1.807, 2.05) is 120 Å². The Labute approximate surface area is 435 Å². The van der Waals surface area contributed by atoms with E-state index in [0.29, 0.717) is 17.8 Å². The molecule has 69 heavy (non-hydrogen) atoms. The Bertz CT molecular complexity index is 2710. The number of imidazole rings is 5. The molecule has 9 aromatic rings. The van der Waals surface area contributed by atoms with Crippen LogP contribution in [0.3, 0.4) is 0 Å². The molecule has 0 spiro atoms. The predicted octanol–water partition coefficient (Wildman–Crippen LogP) is 8.84. The largest absolute Gasteiger partial charge is 0.339 e. The summed E-state index contributed by atoms with van der Waals surface area (Å²) in [5.74, 6) is 5.97. The molecule has 360 valence electrons. The van der Waals surface area contributed by atoms with Gasteiger partial charge in [-0.15, -0.1) is 0 Å². The third-order valence-electron chi connectivity index (χ3n) is 12.4. The van der Waals surface area contributed by atoms with E-state index in [0.717, 1.165) is 85.7 Å². The van der Waals surface area contributed by atoms with Crippen LogP contribution in [0.1, 0.15) is 86.1 Å². The van der Waals surface area contributed by atoms with Crippen molar-refractivity contribution >= 4 is 0 Å². The second kappa shape index (κ2) is 26.6. The van der Waals surface area contributed by atoms with Crippen molar-refractivity contribution in [1.82, 2.24) is 57.7 Å². The predicted molar refractivity (Wildman–Crippen MR) is 262 cm³/mol. The van der Waals surface area contributed by atoms with Crippen LogP contribution in [0.5, 0.6) is 0 Å². The zero-order valence-corrected chi connectivity index (χ0v) is 46.3. The van der Waals surface area contributed by atoms with Gasteiger partial charge in [0.05, 0.1) is 12.4 Å². The Morgan fingerprint density at radius 3 is 1.41 bits per heavy atom. The van der Waals surface area contributed by atoms with Gasteiger partial charge in [-0.3, -0.25) is 4.98 Å². The molecule has 3 atom stereocenters. The van der Waals surface area contributed by atoms with E-state index in [1.54, 1.807) is 24.8 Å². The third-order valence-corrected chi connectivity index (χ3v) is 12.4. The molecule has 0 aliphatic heterocycles. The molecular formula is C53H65N14OsW+. The molecule has 0 radical (unpaired) electrons. The van der Waals surface area contributed by atoms with Gasteiger partial charge in [0.15, 0.2) is 41.5 Å². The van der Waals surface area contributed by atoms with Gasteiger partial charge in [0.2, 0.25) is 0 Å². The van der Waals surface area contributed by atoms with Gasteiger partial charge in [-0.1, -0.05) is 37.6 Å². The summed E-state index contributed by atoms with van der Waals surface area (Å²) in [6.45, 7) is 8.50. The summed E-state index contributed by atoms with van der Waals surface area (Å²) in [5.41, 5.74) is 6.15. The first-order valence-corrected chi connectivity index (χ1v) is 23.2. The topological polar surface area (TPSA) is 123 Å². The van der Waals surface area contributed by atoms with Gasteiger partial charge in [0.1, 0.15) is 12.2 Å². The standard InChI is InChI=1S/C37H45N6.2C8H10N4.Os.W/c1-5-30(33-13-22-41(4)23-14-33)27-35(32-11-17-38-18-12-32)28-31(6-2)34-15-24-42(25-16-34)20-8-21-43-26-19-39-37(43)36-10-7-9-29(3)40-36;2*1-11-5-3-9-7(11)8-10-4-6-12(8)2;;/h7,9-19,22-26,30-31,35H,4-6,8,20-21,27-28H2,1-3H3;2*3-6H,1-2H3;;/q+1;;;;. The van der Waals surface area contributed by atoms with Crippen molar-refractivity contribution in [3.05, 3.63) is 183 Å². The Morgan fingerprint density at radius 2 is 0.971 bits per heavy atom. The minimum atomic E-state index is 0. The van der Waals surface area contributed by atoms with Crippen LogP contribution >= 0.6 is 0 Å². The van der Waals surface area contributed by atoms with E-state index < -0.39 is 0 Å². The summed E-state index contributed by atoms with van der Waals surface area (Å²) >= 11 is 0. The molecule has 0 aliphatic rings. The van der Waals surface area contributed by atoms with Crippen molar-refractivity contribution < 1.29 is 50.0 Å². The summed E-state index contributed by atoms with van der Waals surface area (Å²) < 4.78 is 14.2. The quantitative estimate of drug-likeness (QED) is 0.0700. The minimum absolute atomic E-state index is 0. The molecule has 0 saturated carbocycles. The first-order chi connectivity index (χ1) is 32.6. The number of pyridine rings is 4. The van der Waals surface area contributed by atoms with E-state index in [9.17, 15) is 0 Å². The van der Waals surface area contributed by atoms with Gasteiger partial charge in [-0.05, 0) is 85.8 Å². The van der Waals surface area contributed by atoms with Gasteiger partial charge in [0, 0.05) is 181 Å². The van der Waals surface area contributed by atoms with Crippen LogP contribution in [0, 0.1) is 14.0 Å². The monoisotopic (exact) mass is 1270 g/mol. The van der Waals surface area contributed by atoms with Crippen LogP contribution in [-0.2, 0) is 82.1 Å².